The molecule has 0 aliphatic rings. The number of hydrogen-bond donors (Lipinski definition) is 0. The Hall–Kier alpha value is -1.22. The highest BCUT2D eigenvalue weighted by molar-refractivity contribution is 7.17. The fourth-order valence-corrected chi connectivity index (χ4v) is 1.72. The molecule has 0 atom stereocenters. The van der Waals surface area contributed by atoms with Crippen LogP contribution in [0.3, 0.4) is 0 Å². The average molecular weight is 176 g/mol. The van der Waals surface area contributed by atoms with Crippen molar-refractivity contribution in [3.8, 4) is 0 Å². The molecule has 2 aromatic rings. The summed E-state index contributed by atoms with van der Waals surface area (Å²) in [4.78, 5) is 8.55. The highest BCUT2D eigenvalue weighted by Gasteiger charge is 1.97. The van der Waals surface area contributed by atoms with Gasteiger partial charge in [0.15, 0.2) is 0 Å². The second-order valence-corrected chi connectivity index (χ2v) is 3.40. The van der Waals surface area contributed by atoms with Crippen LogP contribution in [0.15, 0.2) is 30.3 Å². The summed E-state index contributed by atoms with van der Waals surface area (Å²) in [7, 11) is 0. The third-order valence-corrected chi connectivity index (χ3v) is 2.42. The fourth-order valence-electron chi connectivity index (χ4n) is 1.03. The molecule has 0 fully saturated rings. The molecular formula is C9H8N2S. The molecule has 0 aromatic carbocycles. The monoisotopic (exact) mass is 176 g/mol. The van der Waals surface area contributed by atoms with Gasteiger partial charge in [0.1, 0.15) is 5.82 Å². The van der Waals surface area contributed by atoms with Crippen molar-refractivity contribution in [2.24, 2.45) is 0 Å². The van der Waals surface area contributed by atoms with E-state index in [9.17, 15) is 0 Å². The van der Waals surface area contributed by atoms with E-state index in [2.05, 4.69) is 16.5 Å². The number of fused-ring (bicyclic) bond motifs is 1. The molecule has 0 radical (unpaired) electrons. The number of aromatic nitrogens is 2. The minimum absolute atomic E-state index is 0.742. The van der Waals surface area contributed by atoms with Crippen molar-refractivity contribution >= 4 is 21.6 Å². The second-order valence-electron chi connectivity index (χ2n) is 2.45. The summed E-state index contributed by atoms with van der Waals surface area (Å²) >= 11 is 1.66. The van der Waals surface area contributed by atoms with Gasteiger partial charge in [-0.1, -0.05) is 6.08 Å². The van der Waals surface area contributed by atoms with Crippen LogP contribution < -0.4 is 0 Å². The Morgan fingerprint density at radius 3 is 3.33 bits per heavy atom. The number of allylic oxidation sites excluding steroid dienone is 1. The summed E-state index contributed by atoms with van der Waals surface area (Å²) < 4.78 is 1.14. The van der Waals surface area contributed by atoms with Gasteiger partial charge in [0.05, 0.1) is 10.2 Å². The summed E-state index contributed by atoms with van der Waals surface area (Å²) in [5.74, 6) is 0.843. The molecule has 3 heteroatoms. The van der Waals surface area contributed by atoms with Crippen molar-refractivity contribution in [3.05, 3.63) is 36.1 Å². The van der Waals surface area contributed by atoms with Crippen molar-refractivity contribution in [2.75, 3.05) is 0 Å². The molecule has 0 saturated carbocycles. The smallest absolute Gasteiger partial charge is 0.132 e. The van der Waals surface area contributed by atoms with Crippen molar-refractivity contribution in [2.45, 2.75) is 6.42 Å². The predicted molar refractivity (Wildman–Crippen MR) is 51.3 cm³/mol. The first kappa shape index (κ1) is 7.43. The zero-order valence-electron chi connectivity index (χ0n) is 6.53. The van der Waals surface area contributed by atoms with Gasteiger partial charge in [0.2, 0.25) is 0 Å². The molecule has 0 aliphatic heterocycles. The van der Waals surface area contributed by atoms with Crippen molar-refractivity contribution in [1.29, 1.82) is 0 Å². The third kappa shape index (κ3) is 1.23. The van der Waals surface area contributed by atoms with Crippen LogP contribution in [0.2, 0.25) is 0 Å². The Labute approximate surface area is 74.6 Å². The zero-order valence-corrected chi connectivity index (χ0v) is 7.34. The minimum Gasteiger partial charge on any atom is -0.240 e. The highest BCUT2D eigenvalue weighted by Crippen LogP contribution is 2.17. The molecule has 2 rings (SSSR count). The van der Waals surface area contributed by atoms with E-state index in [-0.39, 0.29) is 0 Å². The first-order valence-corrected chi connectivity index (χ1v) is 4.58. The summed E-state index contributed by atoms with van der Waals surface area (Å²) in [6, 6.07) is 2.01. The van der Waals surface area contributed by atoms with Crippen LogP contribution in [-0.4, -0.2) is 9.97 Å². The number of nitrogens with zero attached hydrogens (tertiary/aromatic N) is 2. The lowest BCUT2D eigenvalue weighted by Crippen LogP contribution is -1.90. The first-order chi connectivity index (χ1) is 5.90. The lowest BCUT2D eigenvalue weighted by Gasteiger charge is -1.93. The molecular weight excluding hydrogens is 168 g/mol. The summed E-state index contributed by atoms with van der Waals surface area (Å²) in [5.41, 5.74) is 1.03. The Balaban J connectivity index is 2.52. The van der Waals surface area contributed by atoms with Crippen LogP contribution in [0.25, 0.3) is 10.2 Å². The van der Waals surface area contributed by atoms with E-state index >= 15 is 0 Å². The highest BCUT2D eigenvalue weighted by atomic mass is 32.1. The molecule has 0 bridgehead atoms. The predicted octanol–water partition coefficient (Wildman–Crippen LogP) is 2.42. The Morgan fingerprint density at radius 2 is 2.50 bits per heavy atom. The quantitative estimate of drug-likeness (QED) is 0.657. The first-order valence-electron chi connectivity index (χ1n) is 3.70. The Morgan fingerprint density at radius 1 is 1.58 bits per heavy atom. The summed E-state index contributed by atoms with van der Waals surface area (Å²) in [6.07, 6.45) is 4.42. The van der Waals surface area contributed by atoms with Gasteiger partial charge in [-0.2, -0.15) is 0 Å². The van der Waals surface area contributed by atoms with Crippen molar-refractivity contribution < 1.29 is 0 Å². The average Bonchev–Trinajstić information content (AvgIpc) is 2.51. The maximum atomic E-state index is 4.35. The number of rotatable bonds is 2. The second kappa shape index (κ2) is 3.03. The van der Waals surface area contributed by atoms with Crippen LogP contribution in [0.1, 0.15) is 5.82 Å². The summed E-state index contributed by atoms with van der Waals surface area (Å²) in [6.45, 7) is 3.65. The van der Waals surface area contributed by atoms with E-state index in [1.165, 1.54) is 0 Å². The zero-order chi connectivity index (χ0) is 8.39. The van der Waals surface area contributed by atoms with Crippen LogP contribution in [0.5, 0.6) is 0 Å². The van der Waals surface area contributed by atoms with Gasteiger partial charge in [0, 0.05) is 12.6 Å². The molecule has 0 aliphatic carbocycles. The molecule has 2 heterocycles. The lowest BCUT2D eigenvalue weighted by molar-refractivity contribution is 1.02. The van der Waals surface area contributed by atoms with Crippen LogP contribution >= 0.6 is 11.3 Å². The van der Waals surface area contributed by atoms with Crippen LogP contribution in [0, 0.1) is 0 Å². The minimum atomic E-state index is 0.742. The fraction of sp³-hybridized carbons (Fsp3) is 0.111. The molecule has 2 nitrogen and oxygen atoms in total. The largest absolute Gasteiger partial charge is 0.240 e. The molecule has 12 heavy (non-hydrogen) atoms. The normalized spacial score (nSPS) is 10.3. The topological polar surface area (TPSA) is 25.8 Å². The molecule has 2 aromatic heterocycles. The number of hydrogen-bond acceptors (Lipinski definition) is 3. The van der Waals surface area contributed by atoms with E-state index < -0.39 is 0 Å². The molecule has 60 valence electrons. The number of thiophene rings is 1. The van der Waals surface area contributed by atoms with E-state index in [1.54, 1.807) is 11.3 Å². The SMILES string of the molecule is C=CCc1ncc2sccc2n1. The standard InChI is InChI=1S/C9H8N2S/c1-2-3-9-10-6-8-7(11-9)4-5-12-8/h2,4-6H,1,3H2. The van der Waals surface area contributed by atoms with E-state index in [4.69, 9.17) is 0 Å². The lowest BCUT2D eigenvalue weighted by atomic mass is 10.4. The van der Waals surface area contributed by atoms with Gasteiger partial charge in [-0.3, -0.25) is 0 Å². The van der Waals surface area contributed by atoms with Gasteiger partial charge < -0.3 is 0 Å². The van der Waals surface area contributed by atoms with Crippen molar-refractivity contribution in [3.63, 3.8) is 0 Å². The van der Waals surface area contributed by atoms with Crippen LogP contribution in [0.4, 0.5) is 0 Å². The van der Waals surface area contributed by atoms with E-state index in [0.29, 0.717) is 0 Å². The molecule has 0 saturated heterocycles. The Kier molecular flexibility index (Phi) is 1.87. The van der Waals surface area contributed by atoms with E-state index in [1.807, 2.05) is 23.7 Å². The van der Waals surface area contributed by atoms with Gasteiger partial charge >= 0.3 is 0 Å². The molecule has 0 amide bonds. The van der Waals surface area contributed by atoms with Crippen molar-refractivity contribution in [1.82, 2.24) is 9.97 Å². The maximum absolute atomic E-state index is 4.35. The Bertz CT molecular complexity index is 406. The summed E-state index contributed by atoms with van der Waals surface area (Å²) in [5, 5.41) is 2.02. The van der Waals surface area contributed by atoms with Gasteiger partial charge in [-0.05, 0) is 11.4 Å². The molecule has 0 unspecified atom stereocenters. The van der Waals surface area contributed by atoms with Gasteiger partial charge in [0.25, 0.3) is 0 Å². The van der Waals surface area contributed by atoms with Gasteiger partial charge in [-0.15, -0.1) is 17.9 Å². The van der Waals surface area contributed by atoms with Crippen LogP contribution in [-0.2, 0) is 6.42 Å². The molecule has 0 N–H and O–H groups in total. The maximum Gasteiger partial charge on any atom is 0.132 e. The third-order valence-electron chi connectivity index (χ3n) is 1.58. The van der Waals surface area contributed by atoms with Gasteiger partial charge in [-0.25, -0.2) is 9.97 Å². The van der Waals surface area contributed by atoms with E-state index in [0.717, 1.165) is 22.5 Å². The molecule has 0 spiro atoms.